The molecule has 4 rings (SSSR count). The van der Waals surface area contributed by atoms with Gasteiger partial charge in [-0.3, -0.25) is 19.6 Å². The summed E-state index contributed by atoms with van der Waals surface area (Å²) in [6.45, 7) is 5.06. The Kier molecular flexibility index (Phi) is 7.99. The molecule has 2 fully saturated rings. The van der Waals surface area contributed by atoms with E-state index in [1.807, 2.05) is 11.0 Å². The standard InChI is InChI=1S/C25H30FN5O5/c1-17(32)2-4-21-16-31(25(34)36-21)18-3-7-23(22(26)12-18)30-10-8-29(9-11-30)15-20-6-5-19(35-20)13-28-14-24(27)33/h3,5-7,12-13,21H,2,4,8-11,14-16H2,1H3,(H2,27,33)/t21-/m0/s1. The smallest absolute Gasteiger partial charge is 0.414 e. The van der Waals surface area contributed by atoms with Crippen molar-refractivity contribution in [1.29, 1.82) is 0 Å². The molecule has 0 unspecified atom stereocenters. The first-order chi connectivity index (χ1) is 17.3. The zero-order valence-corrected chi connectivity index (χ0v) is 20.2. The summed E-state index contributed by atoms with van der Waals surface area (Å²) in [5.74, 6) is 0.473. The second kappa shape index (κ2) is 11.3. The molecule has 2 aliphatic heterocycles. The number of cyclic esters (lactones) is 1. The van der Waals surface area contributed by atoms with Crippen molar-refractivity contribution in [2.75, 3.05) is 49.1 Å². The summed E-state index contributed by atoms with van der Waals surface area (Å²) in [6, 6.07) is 8.43. The Balaban J connectivity index is 1.29. The highest BCUT2D eigenvalue weighted by atomic mass is 19.1. The summed E-state index contributed by atoms with van der Waals surface area (Å²) in [4.78, 5) is 43.7. The molecule has 0 spiro atoms. The molecule has 1 atom stereocenters. The van der Waals surface area contributed by atoms with E-state index < -0.39 is 17.8 Å². The van der Waals surface area contributed by atoms with E-state index in [0.717, 1.165) is 18.8 Å². The third kappa shape index (κ3) is 6.48. The van der Waals surface area contributed by atoms with Crippen molar-refractivity contribution in [2.45, 2.75) is 32.4 Å². The van der Waals surface area contributed by atoms with E-state index in [4.69, 9.17) is 14.9 Å². The molecule has 10 nitrogen and oxygen atoms in total. The van der Waals surface area contributed by atoms with Gasteiger partial charge in [0.2, 0.25) is 5.91 Å². The molecular formula is C25H30FN5O5. The molecule has 1 aromatic heterocycles. The van der Waals surface area contributed by atoms with E-state index in [-0.39, 0.29) is 18.4 Å². The number of anilines is 2. The van der Waals surface area contributed by atoms with Gasteiger partial charge in [-0.05, 0) is 43.7 Å². The average Bonchev–Trinajstić information content (AvgIpc) is 3.44. The van der Waals surface area contributed by atoms with Gasteiger partial charge in [0.1, 0.15) is 35.8 Å². The topological polar surface area (TPSA) is 122 Å². The van der Waals surface area contributed by atoms with Gasteiger partial charge >= 0.3 is 6.09 Å². The average molecular weight is 500 g/mol. The number of primary amides is 1. The van der Waals surface area contributed by atoms with Gasteiger partial charge < -0.3 is 24.6 Å². The van der Waals surface area contributed by atoms with Gasteiger partial charge in [0.15, 0.2) is 0 Å². The summed E-state index contributed by atoms with van der Waals surface area (Å²) < 4.78 is 26.1. The molecule has 1 aromatic carbocycles. The lowest BCUT2D eigenvalue weighted by molar-refractivity contribution is -0.118. The third-order valence-corrected chi connectivity index (χ3v) is 6.18. The lowest BCUT2D eigenvalue weighted by Crippen LogP contribution is -2.46. The number of benzene rings is 1. The predicted octanol–water partition coefficient (Wildman–Crippen LogP) is 2.34. The number of nitrogens with zero attached hydrogens (tertiary/aromatic N) is 4. The first kappa shape index (κ1) is 25.4. The van der Waals surface area contributed by atoms with Crippen LogP contribution in [0.4, 0.5) is 20.6 Å². The minimum absolute atomic E-state index is 0.0421. The van der Waals surface area contributed by atoms with Gasteiger partial charge in [-0.15, -0.1) is 0 Å². The van der Waals surface area contributed by atoms with Crippen LogP contribution in [-0.4, -0.2) is 74.3 Å². The van der Waals surface area contributed by atoms with Crippen LogP contribution < -0.4 is 15.5 Å². The van der Waals surface area contributed by atoms with E-state index in [9.17, 15) is 14.4 Å². The number of aliphatic imine (C=N–C) groups is 1. The van der Waals surface area contributed by atoms with Gasteiger partial charge in [-0.2, -0.15) is 0 Å². The van der Waals surface area contributed by atoms with E-state index in [1.54, 1.807) is 18.2 Å². The van der Waals surface area contributed by atoms with E-state index in [0.29, 0.717) is 56.2 Å². The maximum Gasteiger partial charge on any atom is 0.414 e. The van der Waals surface area contributed by atoms with Gasteiger partial charge in [-0.25, -0.2) is 9.18 Å². The minimum atomic E-state index is -0.524. The van der Waals surface area contributed by atoms with E-state index in [2.05, 4.69) is 9.89 Å². The normalized spacial score (nSPS) is 18.7. The maximum absolute atomic E-state index is 15.0. The van der Waals surface area contributed by atoms with Crippen molar-refractivity contribution in [3.8, 4) is 0 Å². The number of piperazine rings is 1. The molecule has 192 valence electrons. The Labute approximate surface area is 208 Å². The number of rotatable bonds is 10. The number of amides is 2. The van der Waals surface area contributed by atoms with Gasteiger partial charge in [-0.1, -0.05) is 0 Å². The second-order valence-corrected chi connectivity index (χ2v) is 9.00. The number of Topliss-reactive ketones (excluding diaryl/α,β-unsaturated/α-hetero) is 1. The quantitative estimate of drug-likeness (QED) is 0.498. The molecule has 2 amide bonds. The number of ketones is 1. The maximum atomic E-state index is 15.0. The third-order valence-electron chi connectivity index (χ3n) is 6.18. The highest BCUT2D eigenvalue weighted by molar-refractivity contribution is 5.90. The summed E-state index contributed by atoms with van der Waals surface area (Å²) in [6.07, 6.45) is 1.39. The van der Waals surface area contributed by atoms with Gasteiger partial charge in [0.05, 0.1) is 30.7 Å². The van der Waals surface area contributed by atoms with E-state index >= 15 is 4.39 Å². The molecule has 0 aliphatic carbocycles. The lowest BCUT2D eigenvalue weighted by Gasteiger charge is -2.36. The molecule has 0 radical (unpaired) electrons. The SMILES string of the molecule is CC(=O)CC[C@H]1CN(c2ccc(N3CCN(Cc4ccc(C=NCC(N)=O)o4)CC3)c(F)c2)C(=O)O1. The lowest BCUT2D eigenvalue weighted by atomic mass is 10.1. The monoisotopic (exact) mass is 499 g/mol. The highest BCUT2D eigenvalue weighted by Gasteiger charge is 2.33. The first-order valence-electron chi connectivity index (χ1n) is 11.9. The molecule has 36 heavy (non-hydrogen) atoms. The van der Waals surface area contributed by atoms with Crippen molar-refractivity contribution in [3.63, 3.8) is 0 Å². The van der Waals surface area contributed by atoms with Crippen LogP contribution in [0.25, 0.3) is 0 Å². The molecule has 2 aromatic rings. The number of hydrogen-bond acceptors (Lipinski definition) is 8. The molecule has 2 aliphatic rings. The summed E-state index contributed by atoms with van der Waals surface area (Å²) in [5.41, 5.74) is 6.00. The number of carbonyl (C=O) groups is 3. The number of halogens is 1. The number of furan rings is 1. The van der Waals surface area contributed by atoms with Crippen molar-refractivity contribution in [1.82, 2.24) is 4.90 Å². The fourth-order valence-electron chi connectivity index (χ4n) is 4.31. The fourth-order valence-corrected chi connectivity index (χ4v) is 4.31. The summed E-state index contributed by atoms with van der Waals surface area (Å²) in [7, 11) is 0. The fraction of sp³-hybridized carbons (Fsp3) is 0.440. The molecule has 2 saturated heterocycles. The van der Waals surface area contributed by atoms with Crippen molar-refractivity contribution < 1.29 is 27.9 Å². The summed E-state index contributed by atoms with van der Waals surface area (Å²) >= 11 is 0. The molecule has 2 N–H and O–H groups in total. The molecular weight excluding hydrogens is 469 g/mol. The van der Waals surface area contributed by atoms with E-state index in [1.165, 1.54) is 24.1 Å². The van der Waals surface area contributed by atoms with Crippen LogP contribution in [0.15, 0.2) is 39.7 Å². The van der Waals surface area contributed by atoms with Crippen molar-refractivity contribution >= 4 is 35.4 Å². The number of carbonyl (C=O) groups excluding carboxylic acids is 3. The minimum Gasteiger partial charge on any atom is -0.459 e. The molecule has 0 bridgehead atoms. The molecule has 11 heteroatoms. The Morgan fingerprint density at radius 3 is 2.67 bits per heavy atom. The predicted molar refractivity (Wildman–Crippen MR) is 132 cm³/mol. The Bertz CT molecular complexity index is 1140. The number of nitrogens with two attached hydrogens (primary N) is 1. The van der Waals surface area contributed by atoms with Crippen LogP contribution in [0, 0.1) is 5.82 Å². The van der Waals surface area contributed by atoms with Crippen LogP contribution >= 0.6 is 0 Å². The Morgan fingerprint density at radius 1 is 1.19 bits per heavy atom. The molecule has 3 heterocycles. The largest absolute Gasteiger partial charge is 0.459 e. The summed E-state index contributed by atoms with van der Waals surface area (Å²) in [5, 5.41) is 0. The number of ether oxygens (including phenoxy) is 1. The number of hydrogen-bond donors (Lipinski definition) is 1. The van der Waals surface area contributed by atoms with Crippen molar-refractivity contribution in [3.05, 3.63) is 47.7 Å². The van der Waals surface area contributed by atoms with Gasteiger partial charge in [0.25, 0.3) is 0 Å². The van der Waals surface area contributed by atoms with Crippen LogP contribution in [0.1, 0.15) is 31.3 Å². The Morgan fingerprint density at radius 2 is 1.97 bits per heavy atom. The van der Waals surface area contributed by atoms with Gasteiger partial charge in [0, 0.05) is 32.6 Å². The highest BCUT2D eigenvalue weighted by Crippen LogP contribution is 2.29. The van der Waals surface area contributed by atoms with Crippen LogP contribution in [0.2, 0.25) is 0 Å². The van der Waals surface area contributed by atoms with Crippen molar-refractivity contribution in [2.24, 2.45) is 10.7 Å². The van der Waals surface area contributed by atoms with Crippen LogP contribution in [0.5, 0.6) is 0 Å². The Hall–Kier alpha value is -3.73. The zero-order valence-electron chi connectivity index (χ0n) is 20.2. The molecule has 0 saturated carbocycles. The zero-order chi connectivity index (χ0) is 25.7. The van der Waals surface area contributed by atoms with Crippen LogP contribution in [0.3, 0.4) is 0 Å². The first-order valence-corrected chi connectivity index (χ1v) is 11.9. The van der Waals surface area contributed by atoms with Crippen LogP contribution in [-0.2, 0) is 20.9 Å². The second-order valence-electron chi connectivity index (χ2n) is 9.00.